The van der Waals surface area contributed by atoms with Gasteiger partial charge in [0.1, 0.15) is 0 Å². The molecule has 4 atom stereocenters. The van der Waals surface area contributed by atoms with Crippen LogP contribution in [0, 0.1) is 23.7 Å². The molecule has 0 aliphatic heterocycles. The van der Waals surface area contributed by atoms with Crippen molar-refractivity contribution in [3.8, 4) is 0 Å². The zero-order valence-corrected chi connectivity index (χ0v) is 24.9. The molecule has 0 saturated heterocycles. The van der Waals surface area contributed by atoms with Crippen LogP contribution < -0.4 is 4.90 Å². The van der Waals surface area contributed by atoms with Gasteiger partial charge in [0.15, 0.2) is 0 Å². The van der Waals surface area contributed by atoms with E-state index < -0.39 is 0 Å². The Balaban J connectivity index is 0.000000155. The number of anilines is 1. The van der Waals surface area contributed by atoms with Crippen LogP contribution in [0.3, 0.4) is 0 Å². The fraction of sp³-hybridized carbons (Fsp3) is 0.667. The summed E-state index contributed by atoms with van der Waals surface area (Å²) in [4.78, 5) is 4.59. The Morgan fingerprint density at radius 1 is 0.711 bits per heavy atom. The number of hydrogen-bond acceptors (Lipinski definition) is 2. The molecule has 3 fully saturated rings. The fourth-order valence-corrected chi connectivity index (χ4v) is 8.53. The maximum absolute atomic E-state index is 2.42. The van der Waals surface area contributed by atoms with Crippen molar-refractivity contribution in [3.63, 3.8) is 0 Å². The van der Waals surface area contributed by atoms with E-state index in [2.05, 4.69) is 86.5 Å². The number of nitrogens with zero attached hydrogens (tertiary/aromatic N) is 2. The Labute approximate surface area is 234 Å². The molecule has 0 N–H and O–H groups in total. The van der Waals surface area contributed by atoms with Crippen molar-refractivity contribution in [1.82, 2.24) is 4.90 Å². The van der Waals surface area contributed by atoms with E-state index in [1.165, 1.54) is 95.6 Å². The second-order valence-corrected chi connectivity index (χ2v) is 13.6. The largest absolute Gasteiger partial charge is 0.378 e. The molecule has 0 aromatic heterocycles. The Bertz CT molecular complexity index is 985. The predicted octanol–water partition coefficient (Wildman–Crippen LogP) is 8.74. The molecule has 208 valence electrons. The molecule has 4 aliphatic carbocycles. The van der Waals surface area contributed by atoms with E-state index in [0.717, 1.165) is 35.6 Å². The van der Waals surface area contributed by atoms with E-state index in [1.54, 1.807) is 16.7 Å². The van der Waals surface area contributed by atoms with Crippen molar-refractivity contribution in [2.24, 2.45) is 23.7 Å². The molecular weight excluding hydrogens is 460 g/mol. The number of rotatable bonds is 6. The number of benzene rings is 2. The van der Waals surface area contributed by atoms with Gasteiger partial charge in [-0.15, -0.1) is 0 Å². The van der Waals surface area contributed by atoms with Gasteiger partial charge in [-0.3, -0.25) is 0 Å². The van der Waals surface area contributed by atoms with E-state index in [9.17, 15) is 0 Å². The summed E-state index contributed by atoms with van der Waals surface area (Å²) in [6.45, 7) is 0. The number of fused-ring (bicyclic) bond motifs is 2. The molecular formula is C36H54N2. The lowest BCUT2D eigenvalue weighted by molar-refractivity contribution is 0.184. The average molecular weight is 515 g/mol. The van der Waals surface area contributed by atoms with Crippen LogP contribution in [0.4, 0.5) is 5.69 Å². The molecule has 0 amide bonds. The third-order valence-electron chi connectivity index (χ3n) is 10.9. The zero-order valence-electron chi connectivity index (χ0n) is 24.9. The summed E-state index contributed by atoms with van der Waals surface area (Å²) in [7, 11) is 8.69. The van der Waals surface area contributed by atoms with E-state index >= 15 is 0 Å². The Kier molecular flexibility index (Phi) is 9.52. The summed E-state index contributed by atoms with van der Waals surface area (Å²) in [6, 6.07) is 19.2. The third-order valence-corrected chi connectivity index (χ3v) is 10.9. The molecule has 2 heteroatoms. The van der Waals surface area contributed by atoms with Gasteiger partial charge in [0.25, 0.3) is 0 Å². The monoisotopic (exact) mass is 514 g/mol. The van der Waals surface area contributed by atoms with Crippen LogP contribution in [0.15, 0.2) is 48.5 Å². The van der Waals surface area contributed by atoms with Crippen molar-refractivity contribution in [2.45, 2.75) is 102 Å². The van der Waals surface area contributed by atoms with Gasteiger partial charge in [0.05, 0.1) is 0 Å². The quantitative estimate of drug-likeness (QED) is 0.380. The fourth-order valence-electron chi connectivity index (χ4n) is 8.53. The summed E-state index contributed by atoms with van der Waals surface area (Å²) in [6.07, 6.45) is 20.2. The summed E-state index contributed by atoms with van der Waals surface area (Å²) < 4.78 is 0. The highest BCUT2D eigenvalue weighted by molar-refractivity contribution is 5.46. The van der Waals surface area contributed by atoms with Crippen LogP contribution in [-0.4, -0.2) is 39.1 Å². The molecule has 0 radical (unpaired) electrons. The highest BCUT2D eigenvalue weighted by atomic mass is 15.1. The first-order valence-corrected chi connectivity index (χ1v) is 16.0. The van der Waals surface area contributed by atoms with E-state index in [1.807, 2.05) is 0 Å². The van der Waals surface area contributed by atoms with Gasteiger partial charge in [-0.1, -0.05) is 55.7 Å². The zero-order chi connectivity index (χ0) is 26.5. The molecule has 6 rings (SSSR count). The molecule has 4 unspecified atom stereocenters. The van der Waals surface area contributed by atoms with Crippen molar-refractivity contribution in [1.29, 1.82) is 0 Å². The SMILES string of the molecule is CN(C)C1CCC(CC2CCc3ccccc32)CC1.CN(C)c1ccc(CC2CCC3CCCCC32)cc1. The van der Waals surface area contributed by atoms with E-state index in [4.69, 9.17) is 0 Å². The van der Waals surface area contributed by atoms with Crippen molar-refractivity contribution in [3.05, 3.63) is 65.2 Å². The summed E-state index contributed by atoms with van der Waals surface area (Å²) in [5.74, 6) is 4.92. The van der Waals surface area contributed by atoms with Crippen molar-refractivity contribution in [2.75, 3.05) is 33.1 Å². The number of hydrogen-bond donors (Lipinski definition) is 0. The summed E-state index contributed by atoms with van der Waals surface area (Å²) in [5, 5.41) is 0. The Hall–Kier alpha value is -1.80. The van der Waals surface area contributed by atoms with Gasteiger partial charge >= 0.3 is 0 Å². The van der Waals surface area contributed by atoms with Crippen LogP contribution >= 0.6 is 0 Å². The normalized spacial score (nSPS) is 30.3. The van der Waals surface area contributed by atoms with E-state index in [-0.39, 0.29) is 0 Å². The minimum atomic E-state index is 0.840. The molecule has 0 bridgehead atoms. The highest BCUT2D eigenvalue weighted by Crippen LogP contribution is 2.47. The average Bonchev–Trinajstić information content (AvgIpc) is 3.54. The van der Waals surface area contributed by atoms with Gasteiger partial charge in [-0.05, 0) is 143 Å². The maximum Gasteiger partial charge on any atom is 0.0361 e. The molecule has 38 heavy (non-hydrogen) atoms. The van der Waals surface area contributed by atoms with Crippen molar-refractivity contribution >= 4 is 5.69 Å². The lowest BCUT2D eigenvalue weighted by Gasteiger charge is -2.33. The summed E-state index contributed by atoms with van der Waals surface area (Å²) >= 11 is 0. The maximum atomic E-state index is 2.42. The Morgan fingerprint density at radius 2 is 1.45 bits per heavy atom. The smallest absolute Gasteiger partial charge is 0.0361 e. The predicted molar refractivity (Wildman–Crippen MR) is 164 cm³/mol. The van der Waals surface area contributed by atoms with Crippen LogP contribution in [-0.2, 0) is 12.8 Å². The Morgan fingerprint density at radius 3 is 2.18 bits per heavy atom. The van der Waals surface area contributed by atoms with Crippen LogP contribution in [0.25, 0.3) is 0 Å². The van der Waals surface area contributed by atoms with Gasteiger partial charge in [0, 0.05) is 25.8 Å². The van der Waals surface area contributed by atoms with Crippen LogP contribution in [0.1, 0.15) is 99.7 Å². The minimum Gasteiger partial charge on any atom is -0.378 e. The molecule has 3 saturated carbocycles. The van der Waals surface area contributed by atoms with E-state index in [0.29, 0.717) is 0 Å². The third kappa shape index (κ3) is 6.85. The topological polar surface area (TPSA) is 6.48 Å². The molecule has 0 heterocycles. The number of aryl methyl sites for hydroxylation is 1. The lowest BCUT2D eigenvalue weighted by atomic mass is 9.76. The van der Waals surface area contributed by atoms with Crippen molar-refractivity contribution < 1.29 is 0 Å². The molecule has 2 aromatic rings. The first-order valence-electron chi connectivity index (χ1n) is 16.0. The molecule has 0 spiro atoms. The van der Waals surface area contributed by atoms with Gasteiger partial charge < -0.3 is 9.80 Å². The highest BCUT2D eigenvalue weighted by Gasteiger charge is 2.37. The first-order chi connectivity index (χ1) is 18.5. The van der Waals surface area contributed by atoms with Crippen LogP contribution in [0.2, 0.25) is 0 Å². The second kappa shape index (κ2) is 13.0. The molecule has 2 aromatic carbocycles. The van der Waals surface area contributed by atoms with Gasteiger partial charge in [-0.25, -0.2) is 0 Å². The standard InChI is InChI=1S/2C18H27N/c2*1-19(2)17-11-7-14(8-12-17)13-16-10-9-15-5-3-4-6-18(15)16/h7-8,11-12,15-16,18H,3-6,9-10,13H2,1-2H3;3-6,14,16-17H,7-13H2,1-2H3. The minimum absolute atomic E-state index is 0.840. The van der Waals surface area contributed by atoms with Crippen LogP contribution in [0.5, 0.6) is 0 Å². The second-order valence-electron chi connectivity index (χ2n) is 13.6. The molecule has 4 aliphatic rings. The van der Waals surface area contributed by atoms with Gasteiger partial charge in [0.2, 0.25) is 0 Å². The van der Waals surface area contributed by atoms with Gasteiger partial charge in [-0.2, -0.15) is 0 Å². The lowest BCUT2D eigenvalue weighted by Crippen LogP contribution is -2.32. The molecule has 2 nitrogen and oxygen atoms in total. The summed E-state index contributed by atoms with van der Waals surface area (Å²) in [5.41, 5.74) is 6.14. The first kappa shape index (κ1) is 27.8.